The van der Waals surface area contributed by atoms with E-state index in [0.717, 1.165) is 0 Å². The van der Waals surface area contributed by atoms with E-state index in [1.807, 2.05) is 0 Å². The van der Waals surface area contributed by atoms with Crippen LogP contribution in [-0.4, -0.2) is 54.4 Å². The summed E-state index contributed by atoms with van der Waals surface area (Å²) in [5.74, 6) is 1.02. The van der Waals surface area contributed by atoms with Gasteiger partial charge < -0.3 is 19.1 Å². The molecule has 0 aromatic heterocycles. The minimum Gasteiger partial charge on any atom is -0.493 e. The molecule has 2 heterocycles. The zero-order valence-corrected chi connectivity index (χ0v) is 17.3. The molecule has 0 saturated carbocycles. The second kappa shape index (κ2) is 7.90. The third-order valence-corrected chi connectivity index (χ3v) is 5.89. The number of nitro benzene ring substituents is 1. The zero-order chi connectivity index (χ0) is 22.2. The predicted octanol–water partition coefficient (Wildman–Crippen LogP) is 3.25. The number of fused-ring (bicyclic) bond motifs is 1. The highest BCUT2D eigenvalue weighted by Crippen LogP contribution is 2.47. The first-order chi connectivity index (χ1) is 14.9. The number of ether oxygens (including phenoxy) is 3. The highest BCUT2D eigenvalue weighted by atomic mass is 16.6. The monoisotopic (exact) mass is 426 g/mol. The van der Waals surface area contributed by atoms with Crippen LogP contribution in [0.5, 0.6) is 17.2 Å². The molecule has 0 bridgehead atoms. The number of piperidine rings is 1. The van der Waals surface area contributed by atoms with E-state index in [1.54, 1.807) is 17.0 Å². The third-order valence-electron chi connectivity index (χ3n) is 5.89. The largest absolute Gasteiger partial charge is 0.493 e. The van der Waals surface area contributed by atoms with Gasteiger partial charge in [0.25, 0.3) is 11.6 Å². The smallest absolute Gasteiger partial charge is 0.269 e. The Morgan fingerprint density at radius 1 is 1.10 bits per heavy atom. The van der Waals surface area contributed by atoms with E-state index in [0.29, 0.717) is 54.3 Å². The summed E-state index contributed by atoms with van der Waals surface area (Å²) >= 11 is 0. The van der Waals surface area contributed by atoms with Crippen LogP contribution in [0.3, 0.4) is 0 Å². The molecule has 4 rings (SSSR count). The first-order valence-electron chi connectivity index (χ1n) is 9.88. The van der Waals surface area contributed by atoms with Crippen LogP contribution in [0, 0.1) is 10.1 Å². The predicted molar refractivity (Wildman–Crippen MR) is 110 cm³/mol. The topological polar surface area (TPSA) is 108 Å². The molecule has 2 aliphatic heterocycles. The first-order valence-corrected chi connectivity index (χ1v) is 9.88. The standard InChI is InChI=1S/C22H22N2O7/c1-29-18-8-7-16-17(25)13-22(31-19(16)20(18)30-2)9-11-23(12-10-22)21(26)14-3-5-15(6-4-14)24(27)28/h3-8H,9-13H2,1-2H3. The zero-order valence-electron chi connectivity index (χ0n) is 17.3. The Morgan fingerprint density at radius 3 is 2.35 bits per heavy atom. The molecule has 0 aliphatic carbocycles. The molecular weight excluding hydrogens is 404 g/mol. The van der Waals surface area contributed by atoms with E-state index >= 15 is 0 Å². The molecular formula is C22H22N2O7. The van der Waals surface area contributed by atoms with Crippen molar-refractivity contribution in [2.45, 2.75) is 24.9 Å². The number of hydrogen-bond donors (Lipinski definition) is 0. The lowest BCUT2D eigenvalue weighted by Gasteiger charge is -2.44. The summed E-state index contributed by atoms with van der Waals surface area (Å²) in [6.07, 6.45) is 1.20. The Morgan fingerprint density at radius 2 is 1.77 bits per heavy atom. The Labute approximate surface area is 178 Å². The fourth-order valence-corrected chi connectivity index (χ4v) is 4.16. The number of carbonyl (C=O) groups excluding carboxylic acids is 2. The number of nitrogens with zero attached hydrogens (tertiary/aromatic N) is 2. The summed E-state index contributed by atoms with van der Waals surface area (Å²) in [6, 6.07) is 8.91. The molecule has 162 valence electrons. The molecule has 0 unspecified atom stereocenters. The molecule has 1 saturated heterocycles. The van der Waals surface area contributed by atoms with Gasteiger partial charge in [0, 0.05) is 43.6 Å². The number of methoxy groups -OCH3 is 2. The van der Waals surface area contributed by atoms with Gasteiger partial charge in [0.1, 0.15) is 5.60 Å². The molecule has 2 aromatic rings. The fraction of sp³-hybridized carbons (Fsp3) is 0.364. The molecule has 0 atom stereocenters. The number of benzene rings is 2. The summed E-state index contributed by atoms with van der Waals surface area (Å²) in [6.45, 7) is 0.815. The van der Waals surface area contributed by atoms with Gasteiger partial charge in [-0.15, -0.1) is 0 Å². The van der Waals surface area contributed by atoms with Crippen molar-refractivity contribution >= 4 is 17.4 Å². The van der Waals surface area contributed by atoms with Crippen molar-refractivity contribution < 1.29 is 28.7 Å². The Bertz CT molecular complexity index is 1040. The molecule has 2 aromatic carbocycles. The molecule has 9 nitrogen and oxygen atoms in total. The SMILES string of the molecule is COc1ccc2c(c1OC)OC1(CCN(C(=O)c3ccc([N+](=O)[O-])cc3)CC1)CC2=O. The van der Waals surface area contributed by atoms with Crippen molar-refractivity contribution in [2.24, 2.45) is 0 Å². The number of carbonyl (C=O) groups is 2. The number of likely N-dealkylation sites (tertiary alicyclic amines) is 1. The normalized spacial score (nSPS) is 17.0. The summed E-state index contributed by atoms with van der Waals surface area (Å²) in [7, 11) is 3.02. The van der Waals surface area contributed by atoms with Crippen molar-refractivity contribution in [1.82, 2.24) is 4.90 Å². The maximum absolute atomic E-state index is 12.8. The number of non-ortho nitro benzene ring substituents is 1. The Hall–Kier alpha value is -3.62. The summed E-state index contributed by atoms with van der Waals surface area (Å²) in [5, 5.41) is 10.8. The van der Waals surface area contributed by atoms with Crippen molar-refractivity contribution in [1.29, 1.82) is 0 Å². The van der Waals surface area contributed by atoms with E-state index in [-0.39, 0.29) is 23.8 Å². The second-order valence-corrected chi connectivity index (χ2v) is 7.66. The van der Waals surface area contributed by atoms with Crippen LogP contribution in [0.2, 0.25) is 0 Å². The second-order valence-electron chi connectivity index (χ2n) is 7.66. The van der Waals surface area contributed by atoms with Crippen LogP contribution in [0.4, 0.5) is 5.69 Å². The lowest BCUT2D eigenvalue weighted by Crippen LogP contribution is -2.52. The number of amides is 1. The minimum absolute atomic E-state index is 0.0302. The highest BCUT2D eigenvalue weighted by Gasteiger charge is 2.45. The first kappa shape index (κ1) is 20.6. The van der Waals surface area contributed by atoms with Gasteiger partial charge in [-0.25, -0.2) is 0 Å². The number of hydrogen-bond acceptors (Lipinski definition) is 7. The molecule has 2 aliphatic rings. The summed E-state index contributed by atoms with van der Waals surface area (Å²) in [4.78, 5) is 37.6. The molecule has 31 heavy (non-hydrogen) atoms. The number of Topliss-reactive ketones (excluding diaryl/α,β-unsaturated/α-hetero) is 1. The molecule has 1 spiro atoms. The van der Waals surface area contributed by atoms with Crippen LogP contribution >= 0.6 is 0 Å². The lowest BCUT2D eigenvalue weighted by molar-refractivity contribution is -0.384. The van der Waals surface area contributed by atoms with Crippen molar-refractivity contribution in [2.75, 3.05) is 27.3 Å². The van der Waals surface area contributed by atoms with Gasteiger partial charge in [-0.1, -0.05) is 0 Å². The van der Waals surface area contributed by atoms with Crippen molar-refractivity contribution in [3.8, 4) is 17.2 Å². The average Bonchev–Trinajstić information content (AvgIpc) is 2.78. The van der Waals surface area contributed by atoms with Gasteiger partial charge in [0.15, 0.2) is 17.3 Å². The summed E-state index contributed by atoms with van der Waals surface area (Å²) in [5.41, 5.74) is 0.0774. The fourth-order valence-electron chi connectivity index (χ4n) is 4.16. The maximum atomic E-state index is 12.8. The average molecular weight is 426 g/mol. The van der Waals surface area contributed by atoms with E-state index in [2.05, 4.69) is 0 Å². The summed E-state index contributed by atoms with van der Waals surface area (Å²) < 4.78 is 17.1. The van der Waals surface area contributed by atoms with Crippen LogP contribution in [0.15, 0.2) is 36.4 Å². The van der Waals surface area contributed by atoms with E-state index in [4.69, 9.17) is 14.2 Å². The van der Waals surface area contributed by atoms with Gasteiger partial charge >= 0.3 is 0 Å². The number of rotatable bonds is 4. The van der Waals surface area contributed by atoms with Gasteiger partial charge in [-0.3, -0.25) is 19.7 Å². The minimum atomic E-state index is -0.712. The Kier molecular flexibility index (Phi) is 5.26. The molecule has 1 amide bonds. The van der Waals surface area contributed by atoms with Crippen molar-refractivity contribution in [3.63, 3.8) is 0 Å². The van der Waals surface area contributed by atoms with Crippen LogP contribution < -0.4 is 14.2 Å². The van der Waals surface area contributed by atoms with Crippen LogP contribution in [0.1, 0.15) is 40.0 Å². The van der Waals surface area contributed by atoms with E-state index in [1.165, 1.54) is 38.5 Å². The van der Waals surface area contributed by atoms with Gasteiger partial charge in [-0.2, -0.15) is 0 Å². The van der Waals surface area contributed by atoms with Gasteiger partial charge in [-0.05, 0) is 24.3 Å². The van der Waals surface area contributed by atoms with Crippen LogP contribution in [-0.2, 0) is 0 Å². The number of nitro groups is 1. The van der Waals surface area contributed by atoms with E-state index in [9.17, 15) is 19.7 Å². The molecule has 1 fully saturated rings. The highest BCUT2D eigenvalue weighted by molar-refractivity contribution is 6.01. The third kappa shape index (κ3) is 3.67. The van der Waals surface area contributed by atoms with Gasteiger partial charge in [0.05, 0.1) is 31.1 Å². The maximum Gasteiger partial charge on any atom is 0.269 e. The van der Waals surface area contributed by atoms with E-state index < -0.39 is 10.5 Å². The Balaban J connectivity index is 1.51. The van der Waals surface area contributed by atoms with Crippen molar-refractivity contribution in [3.05, 3.63) is 57.6 Å². The quantitative estimate of drug-likeness (QED) is 0.545. The number of ketones is 1. The lowest BCUT2D eigenvalue weighted by atomic mass is 9.82. The molecule has 0 radical (unpaired) electrons. The molecule has 0 N–H and O–H groups in total. The van der Waals surface area contributed by atoms with Gasteiger partial charge in [0.2, 0.25) is 5.75 Å². The van der Waals surface area contributed by atoms with Crippen LogP contribution in [0.25, 0.3) is 0 Å². The molecule has 9 heteroatoms.